The Morgan fingerprint density at radius 1 is 1.19 bits per heavy atom. The molecule has 31 heavy (non-hydrogen) atoms. The van der Waals surface area contributed by atoms with E-state index in [0.29, 0.717) is 25.1 Å². The molecule has 2 amide bonds. The van der Waals surface area contributed by atoms with Crippen molar-refractivity contribution >= 4 is 21.8 Å². The number of benzene rings is 1. The molecule has 1 aromatic carbocycles. The third-order valence-electron chi connectivity index (χ3n) is 5.28. The van der Waals surface area contributed by atoms with Gasteiger partial charge in [-0.25, -0.2) is 12.8 Å². The molecule has 0 aliphatic carbocycles. The van der Waals surface area contributed by atoms with Gasteiger partial charge < -0.3 is 15.1 Å². The first-order valence-corrected chi connectivity index (χ1v) is 11.6. The first kappa shape index (κ1) is 23.0. The number of nitrogens with one attached hydrogen (secondary N) is 2. The molecule has 1 aliphatic heterocycles. The molecule has 1 fully saturated rings. The highest BCUT2D eigenvalue weighted by atomic mass is 32.2. The summed E-state index contributed by atoms with van der Waals surface area (Å²) in [7, 11) is -3.79. The quantitative estimate of drug-likeness (QED) is 0.627. The summed E-state index contributed by atoms with van der Waals surface area (Å²) in [6, 6.07) is 6.81. The minimum atomic E-state index is -3.79. The van der Waals surface area contributed by atoms with Crippen molar-refractivity contribution in [1.82, 2.24) is 14.9 Å². The van der Waals surface area contributed by atoms with E-state index < -0.39 is 27.7 Å². The van der Waals surface area contributed by atoms with Gasteiger partial charge in [-0.2, -0.15) is 4.31 Å². The fraction of sp³-hybridized carbons (Fsp3) is 0.429. The Bertz CT molecular complexity index is 1020. The van der Waals surface area contributed by atoms with Gasteiger partial charge in [0, 0.05) is 19.1 Å². The minimum Gasteiger partial charge on any atom is -0.467 e. The Kier molecular flexibility index (Phi) is 7.45. The zero-order valence-electron chi connectivity index (χ0n) is 17.3. The summed E-state index contributed by atoms with van der Waals surface area (Å²) in [5, 5.41) is 4.99. The van der Waals surface area contributed by atoms with Crippen molar-refractivity contribution in [3.05, 3.63) is 53.7 Å². The molecular weight excluding hydrogens is 425 g/mol. The summed E-state index contributed by atoms with van der Waals surface area (Å²) in [5.41, 5.74) is 0.266. The average Bonchev–Trinajstić information content (AvgIpc) is 3.27. The summed E-state index contributed by atoms with van der Waals surface area (Å²) >= 11 is 0. The van der Waals surface area contributed by atoms with Crippen molar-refractivity contribution in [2.45, 2.75) is 50.1 Å². The van der Waals surface area contributed by atoms with Crippen molar-refractivity contribution < 1.29 is 26.8 Å². The number of nitrogens with zero attached hydrogens (tertiary/aromatic N) is 1. The maximum absolute atomic E-state index is 13.6. The number of hydrogen-bond donors (Lipinski definition) is 2. The number of hydrogen-bond acceptors (Lipinski definition) is 5. The number of rotatable bonds is 7. The van der Waals surface area contributed by atoms with Gasteiger partial charge in [-0.1, -0.05) is 6.42 Å². The van der Waals surface area contributed by atoms with Crippen molar-refractivity contribution in [1.29, 1.82) is 0 Å². The van der Waals surface area contributed by atoms with Gasteiger partial charge in [0.25, 0.3) is 0 Å². The van der Waals surface area contributed by atoms with Crippen LogP contribution in [0.1, 0.15) is 37.0 Å². The number of sulfonamides is 1. The van der Waals surface area contributed by atoms with Crippen LogP contribution in [0.2, 0.25) is 0 Å². The first-order chi connectivity index (χ1) is 14.8. The largest absolute Gasteiger partial charge is 0.467 e. The van der Waals surface area contributed by atoms with Crippen molar-refractivity contribution in [2.75, 3.05) is 13.1 Å². The molecular formula is C21H26FN3O5S. The Balaban J connectivity index is 1.56. The smallest absolute Gasteiger partial charge is 0.309 e. The van der Waals surface area contributed by atoms with Gasteiger partial charge in [-0.05, 0) is 62.1 Å². The first-order valence-electron chi connectivity index (χ1n) is 10.2. The molecule has 0 saturated carbocycles. The molecule has 3 rings (SSSR count). The lowest BCUT2D eigenvalue weighted by Crippen LogP contribution is -2.46. The number of amides is 2. The second-order valence-electron chi connectivity index (χ2n) is 7.48. The van der Waals surface area contributed by atoms with Crippen LogP contribution in [0.4, 0.5) is 4.39 Å². The fourth-order valence-electron chi connectivity index (χ4n) is 3.59. The topological polar surface area (TPSA) is 109 Å². The molecule has 0 unspecified atom stereocenters. The van der Waals surface area contributed by atoms with Crippen LogP contribution < -0.4 is 10.6 Å². The number of piperidine rings is 1. The van der Waals surface area contributed by atoms with E-state index in [0.717, 1.165) is 18.9 Å². The van der Waals surface area contributed by atoms with Gasteiger partial charge in [0.1, 0.15) is 11.6 Å². The van der Waals surface area contributed by atoms with Crippen molar-refractivity contribution in [2.24, 2.45) is 0 Å². The van der Waals surface area contributed by atoms with Crippen LogP contribution in [0.5, 0.6) is 0 Å². The average molecular weight is 452 g/mol. The molecule has 10 heteroatoms. The maximum Gasteiger partial charge on any atom is 0.309 e. The number of carbonyl (C=O) groups excluding carboxylic acids is 2. The van der Waals surface area contributed by atoms with E-state index >= 15 is 0 Å². The van der Waals surface area contributed by atoms with Gasteiger partial charge in [0.2, 0.25) is 10.0 Å². The molecule has 0 spiro atoms. The van der Waals surface area contributed by atoms with E-state index in [2.05, 4.69) is 10.6 Å². The lowest BCUT2D eigenvalue weighted by Gasteiger charge is -2.34. The summed E-state index contributed by atoms with van der Waals surface area (Å²) in [6.45, 7) is 2.15. The monoisotopic (exact) mass is 451 g/mol. The minimum absolute atomic E-state index is 0.0552. The number of furan rings is 1. The van der Waals surface area contributed by atoms with Gasteiger partial charge >= 0.3 is 11.8 Å². The second-order valence-corrected chi connectivity index (χ2v) is 9.37. The summed E-state index contributed by atoms with van der Waals surface area (Å²) in [4.78, 5) is 23.9. The molecule has 168 valence electrons. The summed E-state index contributed by atoms with van der Waals surface area (Å²) in [5.74, 6) is -1.50. The number of halogens is 1. The number of aryl methyl sites for hydroxylation is 1. The van der Waals surface area contributed by atoms with Crippen LogP contribution >= 0.6 is 0 Å². The zero-order chi connectivity index (χ0) is 22.4. The lowest BCUT2D eigenvalue weighted by molar-refractivity contribution is -0.139. The molecule has 2 heterocycles. The standard InChI is InChI=1S/C21H26FN3O5S/c1-15-13-18(7-8-19(15)22)31(28,29)25-11-3-2-5-16(25)9-10-23-20(26)21(27)24-14-17-6-4-12-30-17/h4,6-8,12-13,16H,2-3,5,9-11,14H2,1H3,(H,23,26)(H,24,27)/t16-/m0/s1. The summed E-state index contributed by atoms with van der Waals surface area (Å²) < 4.78 is 46.3. The molecule has 2 aromatic rings. The van der Waals surface area contributed by atoms with Crippen LogP contribution in [-0.4, -0.2) is 43.7 Å². The molecule has 1 aromatic heterocycles. The lowest BCUT2D eigenvalue weighted by atomic mass is 10.0. The van der Waals surface area contributed by atoms with E-state index in [9.17, 15) is 22.4 Å². The van der Waals surface area contributed by atoms with Crippen LogP contribution in [-0.2, 0) is 26.2 Å². The van der Waals surface area contributed by atoms with Crippen LogP contribution in [0.3, 0.4) is 0 Å². The van der Waals surface area contributed by atoms with Gasteiger partial charge in [-0.15, -0.1) is 0 Å². The molecule has 0 radical (unpaired) electrons. The van der Waals surface area contributed by atoms with Gasteiger partial charge in [-0.3, -0.25) is 9.59 Å². The third kappa shape index (κ3) is 5.71. The van der Waals surface area contributed by atoms with Gasteiger partial charge in [0.05, 0.1) is 17.7 Å². The van der Waals surface area contributed by atoms with E-state index in [1.807, 2.05) is 0 Å². The Morgan fingerprint density at radius 2 is 1.97 bits per heavy atom. The maximum atomic E-state index is 13.6. The predicted molar refractivity (Wildman–Crippen MR) is 111 cm³/mol. The Labute approximate surface area is 180 Å². The van der Waals surface area contributed by atoms with Crippen LogP contribution in [0, 0.1) is 12.7 Å². The second kappa shape index (κ2) is 10.1. The molecule has 1 aliphatic rings. The Hall–Kier alpha value is -2.72. The Morgan fingerprint density at radius 3 is 2.68 bits per heavy atom. The van der Waals surface area contributed by atoms with E-state index in [-0.39, 0.29) is 29.6 Å². The van der Waals surface area contributed by atoms with Crippen molar-refractivity contribution in [3.63, 3.8) is 0 Å². The highest BCUT2D eigenvalue weighted by Crippen LogP contribution is 2.27. The molecule has 0 bridgehead atoms. The highest BCUT2D eigenvalue weighted by molar-refractivity contribution is 7.89. The zero-order valence-corrected chi connectivity index (χ0v) is 18.1. The highest BCUT2D eigenvalue weighted by Gasteiger charge is 2.33. The molecule has 8 nitrogen and oxygen atoms in total. The molecule has 1 saturated heterocycles. The van der Waals surface area contributed by atoms with Crippen LogP contribution in [0.25, 0.3) is 0 Å². The SMILES string of the molecule is Cc1cc(S(=O)(=O)N2CCCC[C@H]2CCNC(=O)C(=O)NCc2ccco2)ccc1F. The summed E-state index contributed by atoms with van der Waals surface area (Å²) in [6.07, 6.45) is 4.10. The van der Waals surface area contributed by atoms with E-state index in [1.165, 1.54) is 29.6 Å². The number of carbonyl (C=O) groups is 2. The fourth-order valence-corrected chi connectivity index (χ4v) is 5.39. The van der Waals surface area contributed by atoms with E-state index in [1.54, 1.807) is 12.1 Å². The molecule has 1 atom stereocenters. The normalized spacial score (nSPS) is 17.3. The van der Waals surface area contributed by atoms with Crippen LogP contribution in [0.15, 0.2) is 45.9 Å². The third-order valence-corrected chi connectivity index (χ3v) is 7.23. The predicted octanol–water partition coefficient (Wildman–Crippen LogP) is 2.09. The molecule has 2 N–H and O–H groups in total. The van der Waals surface area contributed by atoms with Crippen molar-refractivity contribution in [3.8, 4) is 0 Å². The van der Waals surface area contributed by atoms with Gasteiger partial charge in [0.15, 0.2) is 0 Å². The van der Waals surface area contributed by atoms with E-state index in [4.69, 9.17) is 4.42 Å².